The summed E-state index contributed by atoms with van der Waals surface area (Å²) >= 11 is 0. The summed E-state index contributed by atoms with van der Waals surface area (Å²) in [5, 5.41) is 3.67. The minimum absolute atomic E-state index is 0.0170. The van der Waals surface area contributed by atoms with Gasteiger partial charge in [-0.2, -0.15) is 0 Å². The van der Waals surface area contributed by atoms with E-state index in [-0.39, 0.29) is 23.9 Å². The highest BCUT2D eigenvalue weighted by Gasteiger charge is 2.39. The number of pyridine rings is 1. The predicted molar refractivity (Wildman–Crippen MR) is 114 cm³/mol. The third kappa shape index (κ3) is 2.93. The molecule has 1 saturated heterocycles. The molecule has 0 spiro atoms. The summed E-state index contributed by atoms with van der Waals surface area (Å²) in [4.78, 5) is 22.1. The van der Waals surface area contributed by atoms with Gasteiger partial charge in [-0.05, 0) is 60.7 Å². The number of methoxy groups -OCH3 is 1. The maximum Gasteiger partial charge on any atom is 0.317 e. The average Bonchev–Trinajstić information content (AvgIpc) is 3.31. The van der Waals surface area contributed by atoms with Gasteiger partial charge in [-0.25, -0.2) is 14.2 Å². The minimum atomic E-state index is -0.313. The maximum absolute atomic E-state index is 14.0. The normalized spacial score (nSPS) is 20.4. The van der Waals surface area contributed by atoms with E-state index >= 15 is 0 Å². The zero-order chi connectivity index (χ0) is 20.8. The maximum atomic E-state index is 14.0. The molecule has 154 valence electrons. The summed E-state index contributed by atoms with van der Waals surface area (Å²) in [6.45, 7) is 0. The molecule has 2 N–H and O–H groups in total. The molecular weight excluding hydrogens is 383 g/mol. The molecule has 1 aromatic carbocycles. The van der Waals surface area contributed by atoms with Crippen molar-refractivity contribution in [2.75, 3.05) is 14.2 Å². The van der Waals surface area contributed by atoms with Gasteiger partial charge in [0.15, 0.2) is 0 Å². The lowest BCUT2D eigenvalue weighted by atomic mass is 9.98. The van der Waals surface area contributed by atoms with Crippen molar-refractivity contribution in [2.24, 2.45) is 0 Å². The first-order chi connectivity index (χ1) is 14.6. The van der Waals surface area contributed by atoms with Crippen molar-refractivity contribution in [3.8, 4) is 16.9 Å². The number of halogens is 1. The zero-order valence-electron chi connectivity index (χ0n) is 16.9. The van der Waals surface area contributed by atoms with Gasteiger partial charge in [0.1, 0.15) is 17.2 Å². The molecule has 0 saturated carbocycles. The number of hydrogen-bond acceptors (Lipinski definition) is 3. The van der Waals surface area contributed by atoms with Crippen molar-refractivity contribution in [3.05, 3.63) is 54.1 Å². The van der Waals surface area contributed by atoms with Crippen molar-refractivity contribution in [3.63, 3.8) is 0 Å². The van der Waals surface area contributed by atoms with Crippen LogP contribution in [-0.4, -0.2) is 47.1 Å². The predicted octanol–water partition coefficient (Wildman–Crippen LogP) is 4.34. The molecule has 7 heteroatoms. The molecule has 2 bridgehead atoms. The minimum Gasteiger partial charge on any atom is -0.496 e. The first-order valence-electron chi connectivity index (χ1n) is 10.1. The number of ether oxygens (including phenoxy) is 1. The Bertz CT molecular complexity index is 1170. The third-order valence-electron chi connectivity index (χ3n) is 6.17. The number of nitrogens with zero attached hydrogens (tertiary/aromatic N) is 2. The summed E-state index contributed by atoms with van der Waals surface area (Å²) < 4.78 is 19.4. The van der Waals surface area contributed by atoms with Gasteiger partial charge in [-0.3, -0.25) is 0 Å². The summed E-state index contributed by atoms with van der Waals surface area (Å²) in [5.74, 6) is 0.301. The van der Waals surface area contributed by atoms with Gasteiger partial charge in [0, 0.05) is 35.9 Å². The van der Waals surface area contributed by atoms with Crippen LogP contribution in [0.1, 0.15) is 25.0 Å². The SMILES string of the molecule is CNC(=O)N1C2C=C(c3cc4c(-c5cc(F)ccc5OC)ccnc4[nH]3)CC1CC2. The molecule has 2 aliphatic rings. The third-order valence-corrected chi connectivity index (χ3v) is 6.17. The van der Waals surface area contributed by atoms with Crippen LogP contribution in [0.4, 0.5) is 9.18 Å². The number of H-pyrrole nitrogens is 1. The van der Waals surface area contributed by atoms with E-state index in [1.165, 1.54) is 17.7 Å². The summed E-state index contributed by atoms with van der Waals surface area (Å²) in [6.07, 6.45) is 6.68. The van der Waals surface area contributed by atoms with Crippen LogP contribution in [0.15, 0.2) is 42.6 Å². The van der Waals surface area contributed by atoms with Crippen molar-refractivity contribution >= 4 is 22.6 Å². The Morgan fingerprint density at radius 1 is 1.27 bits per heavy atom. The summed E-state index contributed by atoms with van der Waals surface area (Å²) in [6, 6.07) is 8.77. The summed E-state index contributed by atoms with van der Waals surface area (Å²) in [7, 11) is 3.26. The largest absolute Gasteiger partial charge is 0.496 e. The molecule has 30 heavy (non-hydrogen) atoms. The Morgan fingerprint density at radius 3 is 2.90 bits per heavy atom. The molecule has 2 atom stereocenters. The van der Waals surface area contributed by atoms with Crippen molar-refractivity contribution in [1.29, 1.82) is 0 Å². The van der Waals surface area contributed by atoms with E-state index in [4.69, 9.17) is 4.74 Å². The van der Waals surface area contributed by atoms with E-state index in [0.29, 0.717) is 11.3 Å². The second-order valence-electron chi connectivity index (χ2n) is 7.81. The Morgan fingerprint density at radius 2 is 2.13 bits per heavy atom. The number of fused-ring (bicyclic) bond motifs is 3. The van der Waals surface area contributed by atoms with E-state index < -0.39 is 0 Å². The van der Waals surface area contributed by atoms with Gasteiger partial charge in [-0.1, -0.05) is 6.08 Å². The number of carbonyl (C=O) groups is 1. The molecular formula is C23H23FN4O2. The highest BCUT2D eigenvalue weighted by Crippen LogP contribution is 2.40. The van der Waals surface area contributed by atoms with Crippen molar-refractivity contribution < 1.29 is 13.9 Å². The smallest absolute Gasteiger partial charge is 0.317 e. The van der Waals surface area contributed by atoms with Crippen LogP contribution in [0.2, 0.25) is 0 Å². The molecule has 3 aromatic rings. The van der Waals surface area contributed by atoms with E-state index in [1.54, 1.807) is 26.4 Å². The van der Waals surface area contributed by atoms with Gasteiger partial charge in [-0.15, -0.1) is 0 Å². The number of aromatic amines is 1. The number of rotatable bonds is 3. The highest BCUT2D eigenvalue weighted by molar-refractivity contribution is 5.97. The number of benzene rings is 1. The lowest BCUT2D eigenvalue weighted by Crippen LogP contribution is -2.47. The van der Waals surface area contributed by atoms with E-state index in [0.717, 1.165) is 41.6 Å². The zero-order valence-corrected chi connectivity index (χ0v) is 16.9. The fourth-order valence-electron chi connectivity index (χ4n) is 4.80. The standard InChI is InChI=1S/C23H23FN4O2/c1-25-23(29)28-15-4-5-16(28)10-13(9-15)20-12-19-17(7-8-26-22(19)27-20)18-11-14(24)3-6-21(18)30-2/h3,6-9,11-12,15-16H,4-5,10H2,1-2H3,(H,25,29)(H,26,27). The molecule has 2 aromatic heterocycles. The first-order valence-corrected chi connectivity index (χ1v) is 10.1. The molecule has 1 fully saturated rings. The van der Waals surface area contributed by atoms with Gasteiger partial charge in [0.05, 0.1) is 13.2 Å². The lowest BCUT2D eigenvalue weighted by molar-refractivity contribution is 0.182. The molecule has 0 aliphatic carbocycles. The van der Waals surface area contributed by atoms with Gasteiger partial charge < -0.3 is 19.9 Å². The second kappa shape index (κ2) is 7.16. The van der Waals surface area contributed by atoms with E-state index in [2.05, 4.69) is 27.4 Å². The van der Waals surface area contributed by atoms with Crippen LogP contribution in [0.3, 0.4) is 0 Å². The van der Waals surface area contributed by atoms with E-state index in [9.17, 15) is 9.18 Å². The van der Waals surface area contributed by atoms with Gasteiger partial charge in [0.25, 0.3) is 0 Å². The average molecular weight is 406 g/mol. The Kier molecular flexibility index (Phi) is 4.46. The first kappa shape index (κ1) is 18.7. The second-order valence-corrected chi connectivity index (χ2v) is 7.81. The number of hydrogen-bond donors (Lipinski definition) is 2. The van der Waals surface area contributed by atoms with Crippen LogP contribution in [-0.2, 0) is 0 Å². The van der Waals surface area contributed by atoms with E-state index in [1.807, 2.05) is 11.0 Å². The fraction of sp³-hybridized carbons (Fsp3) is 0.304. The van der Waals surface area contributed by atoms with Crippen LogP contribution in [0.5, 0.6) is 5.75 Å². The molecule has 0 radical (unpaired) electrons. The van der Waals surface area contributed by atoms with Gasteiger partial charge in [0.2, 0.25) is 0 Å². The number of urea groups is 1. The van der Waals surface area contributed by atoms with Crippen molar-refractivity contribution in [2.45, 2.75) is 31.3 Å². The molecule has 4 heterocycles. The van der Waals surface area contributed by atoms with Crippen molar-refractivity contribution in [1.82, 2.24) is 20.2 Å². The molecule has 2 aliphatic heterocycles. The number of aromatic nitrogens is 2. The van der Waals surface area contributed by atoms with Crippen LogP contribution < -0.4 is 10.1 Å². The molecule has 6 nitrogen and oxygen atoms in total. The highest BCUT2D eigenvalue weighted by atomic mass is 19.1. The lowest BCUT2D eigenvalue weighted by Gasteiger charge is -2.33. The monoisotopic (exact) mass is 406 g/mol. The number of nitrogens with one attached hydrogen (secondary N) is 2. The summed E-state index contributed by atoms with van der Waals surface area (Å²) in [5.41, 5.74) is 4.49. The molecule has 5 rings (SSSR count). The fourth-order valence-corrected chi connectivity index (χ4v) is 4.80. The molecule has 2 unspecified atom stereocenters. The van der Waals surface area contributed by atoms with Crippen LogP contribution >= 0.6 is 0 Å². The van der Waals surface area contributed by atoms with Crippen LogP contribution in [0, 0.1) is 5.82 Å². The topological polar surface area (TPSA) is 70.2 Å². The van der Waals surface area contributed by atoms with Crippen LogP contribution in [0.25, 0.3) is 27.7 Å². The Balaban J connectivity index is 1.57. The van der Waals surface area contributed by atoms with Gasteiger partial charge >= 0.3 is 6.03 Å². The quantitative estimate of drug-likeness (QED) is 0.680. The number of carbonyl (C=O) groups excluding carboxylic acids is 1. The Hall–Kier alpha value is -3.35. The molecule has 2 amide bonds. The number of amides is 2. The Labute approximate surface area is 173 Å².